The number of hydrogen-bond acceptors (Lipinski definition) is 4. The molecule has 1 aliphatic heterocycles. The Morgan fingerprint density at radius 2 is 1.77 bits per heavy atom. The van der Waals surface area contributed by atoms with E-state index in [1.165, 1.54) is 12.1 Å². The standard InChI is InChI=1S/C22H22F3N3O2/c23-22(24,25)30-19-10-8-17(9-11-19)16-6-4-15(5-7-16)13-18(14-26)28-21(29)20-3-1-2-12-27-20/h4-11,18,20,27H,1-3,12-13H2,(H,28,29)/t18-,20-/m0/s1. The van der Waals surface area contributed by atoms with Crippen LogP contribution in [0.3, 0.4) is 0 Å². The van der Waals surface area contributed by atoms with Crippen molar-refractivity contribution >= 4 is 5.91 Å². The molecule has 0 saturated carbocycles. The molecule has 0 spiro atoms. The van der Waals surface area contributed by atoms with Gasteiger partial charge in [0.1, 0.15) is 11.8 Å². The van der Waals surface area contributed by atoms with E-state index < -0.39 is 12.4 Å². The lowest BCUT2D eigenvalue weighted by Crippen LogP contribution is -2.49. The third kappa shape index (κ3) is 6.22. The number of hydrogen-bond donors (Lipinski definition) is 2. The van der Waals surface area contributed by atoms with Crippen LogP contribution in [-0.2, 0) is 11.2 Å². The Morgan fingerprint density at radius 3 is 2.30 bits per heavy atom. The van der Waals surface area contributed by atoms with Gasteiger partial charge >= 0.3 is 6.36 Å². The summed E-state index contributed by atoms with van der Waals surface area (Å²) in [4.78, 5) is 12.3. The Hall–Kier alpha value is -3.05. The molecule has 2 N–H and O–H groups in total. The average molecular weight is 417 g/mol. The van der Waals surface area contributed by atoms with Crippen LogP contribution >= 0.6 is 0 Å². The van der Waals surface area contributed by atoms with E-state index in [0.29, 0.717) is 6.42 Å². The van der Waals surface area contributed by atoms with Gasteiger partial charge in [0.15, 0.2) is 0 Å². The van der Waals surface area contributed by atoms with Crippen molar-refractivity contribution in [2.45, 2.75) is 44.1 Å². The van der Waals surface area contributed by atoms with E-state index in [2.05, 4.69) is 21.4 Å². The van der Waals surface area contributed by atoms with E-state index in [1.54, 1.807) is 12.1 Å². The third-order valence-electron chi connectivity index (χ3n) is 4.91. The van der Waals surface area contributed by atoms with Crippen LogP contribution in [0.4, 0.5) is 13.2 Å². The first-order valence-corrected chi connectivity index (χ1v) is 9.72. The summed E-state index contributed by atoms with van der Waals surface area (Å²) in [5, 5.41) is 15.3. The highest BCUT2D eigenvalue weighted by molar-refractivity contribution is 5.82. The Labute approximate surface area is 172 Å². The third-order valence-corrected chi connectivity index (χ3v) is 4.91. The number of carbonyl (C=O) groups is 1. The molecule has 1 aliphatic rings. The van der Waals surface area contributed by atoms with Gasteiger partial charge in [-0.05, 0) is 48.2 Å². The number of rotatable bonds is 6. The number of nitrogens with one attached hydrogen (secondary N) is 2. The zero-order chi connectivity index (χ0) is 21.6. The topological polar surface area (TPSA) is 74.1 Å². The fourth-order valence-electron chi connectivity index (χ4n) is 3.39. The SMILES string of the molecule is N#C[C@H](Cc1ccc(-c2ccc(OC(F)(F)F)cc2)cc1)NC(=O)[C@@H]1CCCCN1. The van der Waals surface area contributed by atoms with E-state index in [1.807, 2.05) is 24.3 Å². The maximum Gasteiger partial charge on any atom is 0.573 e. The summed E-state index contributed by atoms with van der Waals surface area (Å²) in [6, 6.07) is 14.2. The normalized spacial score (nSPS) is 17.6. The molecular formula is C22H22F3N3O2. The predicted octanol–water partition coefficient (Wildman–Crippen LogP) is 3.95. The van der Waals surface area contributed by atoms with Gasteiger partial charge in [-0.15, -0.1) is 13.2 Å². The lowest BCUT2D eigenvalue weighted by atomic mass is 10.00. The first kappa shape index (κ1) is 21.7. The molecule has 2 aromatic carbocycles. The second-order valence-corrected chi connectivity index (χ2v) is 7.17. The van der Waals surface area contributed by atoms with E-state index in [4.69, 9.17) is 0 Å². The lowest BCUT2D eigenvalue weighted by molar-refractivity contribution is -0.274. The maximum absolute atomic E-state index is 12.3. The fraction of sp³-hybridized carbons (Fsp3) is 0.364. The predicted molar refractivity (Wildman–Crippen MR) is 105 cm³/mol. The summed E-state index contributed by atoms with van der Waals surface area (Å²) in [5.74, 6) is -0.429. The van der Waals surface area contributed by atoms with Gasteiger partial charge in [-0.2, -0.15) is 5.26 Å². The molecule has 2 atom stereocenters. The number of ether oxygens (including phenoxy) is 1. The Kier molecular flexibility index (Phi) is 6.95. The summed E-state index contributed by atoms with van der Waals surface area (Å²) < 4.78 is 40.6. The summed E-state index contributed by atoms with van der Waals surface area (Å²) >= 11 is 0. The van der Waals surface area contributed by atoms with Gasteiger partial charge < -0.3 is 15.4 Å². The minimum absolute atomic E-state index is 0.154. The maximum atomic E-state index is 12.3. The Morgan fingerprint density at radius 1 is 1.13 bits per heavy atom. The van der Waals surface area contributed by atoms with Crippen LogP contribution in [0.5, 0.6) is 5.75 Å². The van der Waals surface area contributed by atoms with Gasteiger partial charge in [0.2, 0.25) is 5.91 Å². The van der Waals surface area contributed by atoms with Crippen molar-refractivity contribution in [3.63, 3.8) is 0 Å². The number of nitriles is 1. The smallest absolute Gasteiger partial charge is 0.406 e. The molecule has 0 aliphatic carbocycles. The van der Waals surface area contributed by atoms with Crippen molar-refractivity contribution in [1.82, 2.24) is 10.6 Å². The number of alkyl halides is 3. The molecule has 2 aromatic rings. The highest BCUT2D eigenvalue weighted by atomic mass is 19.4. The van der Waals surface area contributed by atoms with Crippen molar-refractivity contribution in [2.75, 3.05) is 6.54 Å². The number of nitrogens with zero attached hydrogens (tertiary/aromatic N) is 1. The van der Waals surface area contributed by atoms with E-state index >= 15 is 0 Å². The van der Waals surface area contributed by atoms with Crippen molar-refractivity contribution in [3.05, 3.63) is 54.1 Å². The van der Waals surface area contributed by atoms with Gasteiger partial charge in [-0.3, -0.25) is 4.79 Å². The first-order chi connectivity index (χ1) is 14.3. The van der Waals surface area contributed by atoms with Crippen molar-refractivity contribution in [2.24, 2.45) is 0 Å². The zero-order valence-electron chi connectivity index (χ0n) is 16.2. The van der Waals surface area contributed by atoms with Crippen LogP contribution in [0.2, 0.25) is 0 Å². The molecule has 30 heavy (non-hydrogen) atoms. The molecule has 1 saturated heterocycles. The Bertz CT molecular complexity index is 884. The van der Waals surface area contributed by atoms with E-state index in [0.717, 1.165) is 42.5 Å². The van der Waals surface area contributed by atoms with Crippen LogP contribution < -0.4 is 15.4 Å². The second-order valence-electron chi connectivity index (χ2n) is 7.17. The molecule has 5 nitrogen and oxygen atoms in total. The van der Waals surface area contributed by atoms with Gasteiger partial charge in [-0.1, -0.05) is 42.8 Å². The number of benzene rings is 2. The molecule has 158 valence electrons. The van der Waals surface area contributed by atoms with Gasteiger partial charge in [-0.25, -0.2) is 0 Å². The molecule has 1 heterocycles. The highest BCUT2D eigenvalue weighted by Crippen LogP contribution is 2.26. The highest BCUT2D eigenvalue weighted by Gasteiger charge is 2.31. The molecule has 3 rings (SSSR count). The fourth-order valence-corrected chi connectivity index (χ4v) is 3.39. The molecule has 0 unspecified atom stereocenters. The first-order valence-electron chi connectivity index (χ1n) is 9.72. The van der Waals surface area contributed by atoms with Gasteiger partial charge in [0, 0.05) is 6.42 Å². The molecular weight excluding hydrogens is 395 g/mol. The number of piperidine rings is 1. The molecule has 0 aromatic heterocycles. The number of carbonyl (C=O) groups excluding carboxylic acids is 1. The summed E-state index contributed by atoms with van der Waals surface area (Å²) in [5.41, 5.74) is 2.44. The van der Waals surface area contributed by atoms with Crippen LogP contribution in [-0.4, -0.2) is 30.9 Å². The second kappa shape index (κ2) is 9.63. The van der Waals surface area contributed by atoms with Crippen molar-refractivity contribution < 1.29 is 22.7 Å². The Balaban J connectivity index is 1.59. The number of amides is 1. The molecule has 0 radical (unpaired) electrons. The number of halogens is 3. The molecule has 1 amide bonds. The van der Waals surface area contributed by atoms with Crippen molar-refractivity contribution in [3.8, 4) is 22.9 Å². The van der Waals surface area contributed by atoms with Gasteiger partial charge in [0.05, 0.1) is 12.1 Å². The van der Waals surface area contributed by atoms with Crippen molar-refractivity contribution in [1.29, 1.82) is 5.26 Å². The van der Waals surface area contributed by atoms with Crippen LogP contribution in [0, 0.1) is 11.3 Å². The largest absolute Gasteiger partial charge is 0.573 e. The molecule has 0 bridgehead atoms. The van der Waals surface area contributed by atoms with E-state index in [9.17, 15) is 23.2 Å². The quantitative estimate of drug-likeness (QED) is 0.747. The summed E-state index contributed by atoms with van der Waals surface area (Å²) in [6.45, 7) is 0.806. The van der Waals surface area contributed by atoms with Gasteiger partial charge in [0.25, 0.3) is 0 Å². The lowest BCUT2D eigenvalue weighted by Gasteiger charge is -2.23. The minimum atomic E-state index is -4.72. The average Bonchev–Trinajstić information content (AvgIpc) is 2.74. The van der Waals surface area contributed by atoms with Crippen LogP contribution in [0.15, 0.2) is 48.5 Å². The molecule has 1 fully saturated rings. The van der Waals surface area contributed by atoms with Crippen LogP contribution in [0.25, 0.3) is 11.1 Å². The van der Waals surface area contributed by atoms with E-state index in [-0.39, 0.29) is 17.7 Å². The monoisotopic (exact) mass is 417 g/mol. The minimum Gasteiger partial charge on any atom is -0.406 e. The molecule has 8 heteroatoms. The summed E-state index contributed by atoms with van der Waals surface area (Å²) in [7, 11) is 0. The zero-order valence-corrected chi connectivity index (χ0v) is 16.2. The summed E-state index contributed by atoms with van der Waals surface area (Å²) in [6.07, 6.45) is -1.54. The van der Waals surface area contributed by atoms with Crippen LogP contribution in [0.1, 0.15) is 24.8 Å².